The molecule has 0 aliphatic carbocycles. The molecule has 1 heterocycles. The third-order valence-electron chi connectivity index (χ3n) is 5.75. The van der Waals surface area contributed by atoms with Gasteiger partial charge in [0.25, 0.3) is 0 Å². The van der Waals surface area contributed by atoms with Gasteiger partial charge < -0.3 is 33.2 Å². The zero-order valence-electron chi connectivity index (χ0n) is 16.1. The van der Waals surface area contributed by atoms with E-state index in [9.17, 15) is 4.79 Å². The summed E-state index contributed by atoms with van der Waals surface area (Å²) in [5, 5.41) is 0. The van der Waals surface area contributed by atoms with Gasteiger partial charge in [-0.2, -0.15) is 0 Å². The lowest BCUT2D eigenvalue weighted by atomic mass is 9.91. The van der Waals surface area contributed by atoms with Crippen LogP contribution in [0.4, 0.5) is 0 Å². The quantitative estimate of drug-likeness (QED) is 0.341. The Morgan fingerprint density at radius 2 is 1.44 bits per heavy atom. The monoisotopic (exact) mass is 479 g/mol. The van der Waals surface area contributed by atoms with Crippen molar-refractivity contribution < 1.29 is 38.0 Å². The van der Waals surface area contributed by atoms with Gasteiger partial charge in [0, 0.05) is 0 Å². The molecule has 1 fully saturated rings. The van der Waals surface area contributed by atoms with Gasteiger partial charge in [-0.05, 0) is 37.3 Å². The zero-order chi connectivity index (χ0) is 18.2. The number of quaternary nitrogens is 1. The van der Waals surface area contributed by atoms with E-state index >= 15 is 0 Å². The number of carbonyl (C=O) groups excluding carboxylic acids is 1. The van der Waals surface area contributed by atoms with Crippen LogP contribution < -0.4 is 24.0 Å². The molecule has 3 rings (SSSR count). The zero-order valence-corrected chi connectivity index (χ0v) is 18.3. The highest BCUT2D eigenvalue weighted by Crippen LogP contribution is 2.26. The highest BCUT2D eigenvalue weighted by molar-refractivity contribution is 5.82. The molecule has 0 saturated carbocycles. The molecule has 0 bridgehead atoms. The lowest BCUT2D eigenvalue weighted by Gasteiger charge is -2.40. The SMILES string of the molecule is CC[N+]1(CCOC(=O)C(c2ccccc2)c2ccccc2)CCCCC1.[I-]. The van der Waals surface area contributed by atoms with Gasteiger partial charge in [0.05, 0.1) is 19.6 Å². The first kappa shape index (κ1) is 21.9. The second-order valence-corrected chi connectivity index (χ2v) is 7.31. The molecule has 0 N–H and O–H groups in total. The van der Waals surface area contributed by atoms with Crippen molar-refractivity contribution in [1.82, 2.24) is 0 Å². The van der Waals surface area contributed by atoms with Gasteiger partial charge in [0.2, 0.25) is 0 Å². The number of halogens is 1. The van der Waals surface area contributed by atoms with Gasteiger partial charge in [-0.3, -0.25) is 4.79 Å². The predicted octanol–water partition coefficient (Wildman–Crippen LogP) is 1.39. The molecule has 1 saturated heterocycles. The molecule has 2 aromatic carbocycles. The van der Waals surface area contributed by atoms with Crippen molar-refractivity contribution in [3.8, 4) is 0 Å². The molecule has 1 aliphatic rings. The van der Waals surface area contributed by atoms with E-state index in [1.54, 1.807) is 0 Å². The predicted molar refractivity (Wildman–Crippen MR) is 105 cm³/mol. The summed E-state index contributed by atoms with van der Waals surface area (Å²) < 4.78 is 6.88. The fraction of sp³-hybridized carbons (Fsp3) is 0.435. The van der Waals surface area contributed by atoms with E-state index in [0.717, 1.165) is 28.7 Å². The first-order valence-corrected chi connectivity index (χ1v) is 9.86. The molecule has 3 nitrogen and oxygen atoms in total. The standard InChI is InChI=1S/C23H30NO2.HI/c1-2-24(16-10-5-11-17-24)18-19-26-23(25)22(20-12-6-3-7-13-20)21-14-8-4-9-15-21;/h3-4,6-9,12-15,22H,2,5,10-11,16-19H2,1H3;1H/q+1;/p-1. The van der Waals surface area contributed by atoms with Crippen LogP contribution in [0.15, 0.2) is 60.7 Å². The van der Waals surface area contributed by atoms with Gasteiger partial charge in [-0.15, -0.1) is 0 Å². The van der Waals surface area contributed by atoms with E-state index in [2.05, 4.69) is 6.92 Å². The fourth-order valence-corrected chi connectivity index (χ4v) is 4.06. The van der Waals surface area contributed by atoms with Crippen molar-refractivity contribution in [3.63, 3.8) is 0 Å². The molecular weight excluding hydrogens is 449 g/mol. The fourth-order valence-electron chi connectivity index (χ4n) is 4.06. The number of benzene rings is 2. The van der Waals surface area contributed by atoms with Crippen LogP contribution in [-0.2, 0) is 9.53 Å². The Hall–Kier alpha value is -1.40. The molecule has 2 aromatic rings. The first-order chi connectivity index (χ1) is 12.7. The Morgan fingerprint density at radius 3 is 1.93 bits per heavy atom. The van der Waals surface area contributed by atoms with Crippen molar-refractivity contribution in [1.29, 1.82) is 0 Å². The van der Waals surface area contributed by atoms with Crippen molar-refractivity contribution in [2.75, 3.05) is 32.8 Å². The number of rotatable bonds is 7. The normalized spacial score (nSPS) is 15.8. The molecule has 0 amide bonds. The van der Waals surface area contributed by atoms with Gasteiger partial charge in [-0.25, -0.2) is 0 Å². The van der Waals surface area contributed by atoms with Crippen molar-refractivity contribution in [2.24, 2.45) is 0 Å². The molecule has 1 aliphatic heterocycles. The Morgan fingerprint density at radius 1 is 0.926 bits per heavy atom. The Bertz CT molecular complexity index is 645. The highest BCUT2D eigenvalue weighted by Gasteiger charge is 2.29. The van der Waals surface area contributed by atoms with Crippen LogP contribution in [0.2, 0.25) is 0 Å². The lowest BCUT2D eigenvalue weighted by molar-refractivity contribution is -0.930. The number of nitrogens with zero attached hydrogens (tertiary/aromatic N) is 1. The molecule has 146 valence electrons. The van der Waals surface area contributed by atoms with Crippen molar-refractivity contribution >= 4 is 5.97 Å². The second kappa shape index (κ2) is 10.8. The molecule has 4 heteroatoms. The summed E-state index contributed by atoms with van der Waals surface area (Å²) in [6.45, 7) is 7.24. The van der Waals surface area contributed by atoms with Crippen LogP contribution in [0.1, 0.15) is 43.2 Å². The summed E-state index contributed by atoms with van der Waals surface area (Å²) in [5.41, 5.74) is 1.97. The third kappa shape index (κ3) is 5.79. The molecule has 27 heavy (non-hydrogen) atoms. The van der Waals surface area contributed by atoms with Crippen molar-refractivity contribution in [2.45, 2.75) is 32.1 Å². The number of esters is 1. The summed E-state index contributed by atoms with van der Waals surface area (Å²) in [6, 6.07) is 19.9. The topological polar surface area (TPSA) is 26.3 Å². The van der Waals surface area contributed by atoms with E-state index in [1.807, 2.05) is 60.7 Å². The van der Waals surface area contributed by atoms with Crippen LogP contribution in [0.5, 0.6) is 0 Å². The smallest absolute Gasteiger partial charge is 0.318 e. The second-order valence-electron chi connectivity index (χ2n) is 7.31. The summed E-state index contributed by atoms with van der Waals surface area (Å²) in [7, 11) is 0. The number of carbonyl (C=O) groups is 1. The number of likely N-dealkylation sites (N-methyl/N-ethyl adjacent to an activating group) is 1. The minimum absolute atomic E-state index is 0. The summed E-state index contributed by atoms with van der Waals surface area (Å²) >= 11 is 0. The molecule has 0 atom stereocenters. The lowest BCUT2D eigenvalue weighted by Crippen LogP contribution is -3.00. The van der Waals surface area contributed by atoms with E-state index in [1.165, 1.54) is 32.4 Å². The van der Waals surface area contributed by atoms with E-state index in [0.29, 0.717) is 6.61 Å². The first-order valence-electron chi connectivity index (χ1n) is 9.86. The Labute approximate surface area is 180 Å². The van der Waals surface area contributed by atoms with E-state index < -0.39 is 0 Å². The van der Waals surface area contributed by atoms with Crippen molar-refractivity contribution in [3.05, 3.63) is 71.8 Å². The number of likely N-dealkylation sites (tertiary alicyclic amines) is 1. The maximum atomic E-state index is 12.9. The molecule has 0 unspecified atom stereocenters. The molecule has 0 radical (unpaired) electrons. The van der Waals surface area contributed by atoms with Crippen LogP contribution >= 0.6 is 0 Å². The number of piperidine rings is 1. The van der Waals surface area contributed by atoms with Gasteiger partial charge in [0.1, 0.15) is 19.1 Å². The maximum Gasteiger partial charge on any atom is 0.318 e. The summed E-state index contributed by atoms with van der Waals surface area (Å²) in [6.07, 6.45) is 3.92. The van der Waals surface area contributed by atoms with Crippen LogP contribution in [0.25, 0.3) is 0 Å². The molecule has 0 aromatic heterocycles. The molecule has 0 spiro atoms. The van der Waals surface area contributed by atoms with Crippen LogP contribution in [0.3, 0.4) is 0 Å². The van der Waals surface area contributed by atoms with Crippen LogP contribution in [-0.4, -0.2) is 43.2 Å². The van der Waals surface area contributed by atoms with Crippen LogP contribution in [0, 0.1) is 0 Å². The Balaban J connectivity index is 0.00000261. The third-order valence-corrected chi connectivity index (χ3v) is 5.75. The maximum absolute atomic E-state index is 12.9. The van der Waals surface area contributed by atoms with Gasteiger partial charge in [0.15, 0.2) is 0 Å². The largest absolute Gasteiger partial charge is 1.00 e. The minimum Gasteiger partial charge on any atom is -1.00 e. The minimum atomic E-state index is -0.353. The van der Waals surface area contributed by atoms with E-state index in [-0.39, 0.29) is 35.9 Å². The Kier molecular flexibility index (Phi) is 8.77. The number of ether oxygens (including phenoxy) is 1. The average Bonchev–Trinajstić information content (AvgIpc) is 2.70. The van der Waals surface area contributed by atoms with E-state index in [4.69, 9.17) is 4.74 Å². The number of hydrogen-bond donors (Lipinski definition) is 0. The summed E-state index contributed by atoms with van der Waals surface area (Å²) in [5.74, 6) is -0.498. The highest BCUT2D eigenvalue weighted by atomic mass is 127. The molecular formula is C23H30INO2. The van der Waals surface area contributed by atoms with Gasteiger partial charge in [-0.1, -0.05) is 60.7 Å². The average molecular weight is 479 g/mol. The van der Waals surface area contributed by atoms with Gasteiger partial charge >= 0.3 is 5.97 Å². The number of hydrogen-bond acceptors (Lipinski definition) is 2. The summed E-state index contributed by atoms with van der Waals surface area (Å²) in [4.78, 5) is 12.9.